The average molecular weight is 314 g/mol. The lowest BCUT2D eigenvalue weighted by Gasteiger charge is -2.09. The summed E-state index contributed by atoms with van der Waals surface area (Å²) >= 11 is 0. The van der Waals surface area contributed by atoms with Gasteiger partial charge >= 0.3 is 0 Å². The van der Waals surface area contributed by atoms with Crippen molar-refractivity contribution in [3.8, 4) is 5.75 Å². The second-order valence-corrected chi connectivity index (χ2v) is 6.49. The highest BCUT2D eigenvalue weighted by Crippen LogP contribution is 2.21. The summed E-state index contributed by atoms with van der Waals surface area (Å²) in [5.74, 6) is 0.577. The molecule has 1 rings (SSSR count). The van der Waals surface area contributed by atoms with Crippen LogP contribution in [0.4, 0.5) is 0 Å². The lowest BCUT2D eigenvalue weighted by Crippen LogP contribution is -2.26. The molecule has 0 bridgehead atoms. The normalized spacial score (nSPS) is 11.2. The van der Waals surface area contributed by atoms with E-state index in [1.807, 2.05) is 0 Å². The third-order valence-electron chi connectivity index (χ3n) is 2.95. The molecule has 0 heterocycles. The fraction of sp³-hybridized carbons (Fsp3) is 0.500. The molecule has 1 aromatic carbocycles. The maximum absolute atomic E-state index is 12.1. The first kappa shape index (κ1) is 17.5. The van der Waals surface area contributed by atoms with Crippen LogP contribution in [0.25, 0.3) is 0 Å². The summed E-state index contributed by atoms with van der Waals surface area (Å²) in [5.41, 5.74) is 0.769. The van der Waals surface area contributed by atoms with Gasteiger partial charge in [-0.1, -0.05) is 0 Å². The van der Waals surface area contributed by atoms with E-state index in [1.54, 1.807) is 26.2 Å². The molecule has 0 saturated carbocycles. The van der Waals surface area contributed by atoms with Crippen LogP contribution in [0.5, 0.6) is 5.75 Å². The second kappa shape index (κ2) is 7.99. The molecule has 1 amide bonds. The molecule has 1 aromatic rings. The maximum atomic E-state index is 12.1. The van der Waals surface area contributed by atoms with Gasteiger partial charge in [0.25, 0.3) is 0 Å². The molecule has 6 nitrogen and oxygen atoms in total. The molecule has 118 valence electrons. The Balaban J connectivity index is 2.50. The van der Waals surface area contributed by atoms with Gasteiger partial charge < -0.3 is 10.1 Å². The monoisotopic (exact) mass is 314 g/mol. The first-order chi connectivity index (χ1) is 9.86. The van der Waals surface area contributed by atoms with Gasteiger partial charge in [0.2, 0.25) is 15.9 Å². The van der Waals surface area contributed by atoms with Crippen molar-refractivity contribution in [3.63, 3.8) is 0 Å². The zero-order chi connectivity index (χ0) is 15.9. The number of rotatable bonds is 8. The number of methoxy groups -OCH3 is 1. The number of hydrogen-bond acceptors (Lipinski definition) is 4. The van der Waals surface area contributed by atoms with Gasteiger partial charge in [-0.3, -0.25) is 4.79 Å². The first-order valence-corrected chi connectivity index (χ1v) is 8.24. The fourth-order valence-electron chi connectivity index (χ4n) is 1.82. The number of aryl methyl sites for hydroxylation is 1. The van der Waals surface area contributed by atoms with Gasteiger partial charge in [-0.15, -0.1) is 0 Å². The van der Waals surface area contributed by atoms with Gasteiger partial charge in [0.05, 0.1) is 12.0 Å². The fourth-order valence-corrected chi connectivity index (χ4v) is 2.98. The SMILES string of the molecule is COc1ccc(S(=O)(=O)NCCCCNC(C)=O)cc1C. The molecule has 0 saturated heterocycles. The highest BCUT2D eigenvalue weighted by Gasteiger charge is 2.14. The van der Waals surface area contributed by atoms with E-state index in [0.717, 1.165) is 12.0 Å². The van der Waals surface area contributed by atoms with Crippen molar-refractivity contribution >= 4 is 15.9 Å². The van der Waals surface area contributed by atoms with Crippen molar-refractivity contribution in [3.05, 3.63) is 23.8 Å². The van der Waals surface area contributed by atoms with Gasteiger partial charge in [0.1, 0.15) is 5.75 Å². The van der Waals surface area contributed by atoms with E-state index >= 15 is 0 Å². The lowest BCUT2D eigenvalue weighted by atomic mass is 10.2. The maximum Gasteiger partial charge on any atom is 0.240 e. The van der Waals surface area contributed by atoms with Crippen LogP contribution in [-0.4, -0.2) is 34.5 Å². The van der Waals surface area contributed by atoms with Gasteiger partial charge in [-0.25, -0.2) is 13.1 Å². The number of carbonyl (C=O) groups is 1. The largest absolute Gasteiger partial charge is 0.496 e. The molecular formula is C14H22N2O4S. The van der Waals surface area contributed by atoms with E-state index in [4.69, 9.17) is 4.74 Å². The number of hydrogen-bond donors (Lipinski definition) is 2. The third kappa shape index (κ3) is 5.73. The molecule has 0 aromatic heterocycles. The number of carbonyl (C=O) groups excluding carboxylic acids is 1. The van der Waals surface area contributed by atoms with Crippen LogP contribution >= 0.6 is 0 Å². The summed E-state index contributed by atoms with van der Waals surface area (Å²) in [6, 6.07) is 4.74. The molecule has 0 spiro atoms. The van der Waals surface area contributed by atoms with Crippen LogP contribution in [-0.2, 0) is 14.8 Å². The van der Waals surface area contributed by atoms with Crippen LogP contribution in [0.1, 0.15) is 25.3 Å². The highest BCUT2D eigenvalue weighted by molar-refractivity contribution is 7.89. The number of amides is 1. The standard InChI is InChI=1S/C14H22N2O4S/c1-11-10-13(6-7-14(11)20-3)21(18,19)16-9-5-4-8-15-12(2)17/h6-7,10,16H,4-5,8-9H2,1-3H3,(H,15,17). The summed E-state index contributed by atoms with van der Waals surface area (Å²) in [5, 5.41) is 2.66. The van der Waals surface area contributed by atoms with Crippen molar-refractivity contribution in [1.29, 1.82) is 0 Å². The molecule has 0 unspecified atom stereocenters. The Morgan fingerprint density at radius 3 is 2.48 bits per heavy atom. The van der Waals surface area contributed by atoms with Crippen molar-refractivity contribution in [2.24, 2.45) is 0 Å². The molecule has 0 fully saturated rings. The van der Waals surface area contributed by atoms with E-state index in [1.165, 1.54) is 13.0 Å². The quantitative estimate of drug-likeness (QED) is 0.706. The van der Waals surface area contributed by atoms with Gasteiger partial charge in [0, 0.05) is 20.0 Å². The number of ether oxygens (including phenoxy) is 1. The molecule has 0 aliphatic carbocycles. The molecule has 0 radical (unpaired) electrons. The molecule has 7 heteroatoms. The number of nitrogens with one attached hydrogen (secondary N) is 2. The van der Waals surface area contributed by atoms with Crippen LogP contribution in [0, 0.1) is 6.92 Å². The Morgan fingerprint density at radius 2 is 1.90 bits per heavy atom. The topological polar surface area (TPSA) is 84.5 Å². The molecular weight excluding hydrogens is 292 g/mol. The van der Waals surface area contributed by atoms with Crippen LogP contribution in [0.3, 0.4) is 0 Å². The number of benzene rings is 1. The smallest absolute Gasteiger partial charge is 0.240 e. The highest BCUT2D eigenvalue weighted by atomic mass is 32.2. The molecule has 21 heavy (non-hydrogen) atoms. The van der Waals surface area contributed by atoms with Crippen molar-refractivity contribution < 1.29 is 17.9 Å². The minimum atomic E-state index is -3.50. The van der Waals surface area contributed by atoms with Gasteiger partial charge in [-0.05, 0) is 43.5 Å². The molecule has 2 N–H and O–H groups in total. The van der Waals surface area contributed by atoms with Crippen molar-refractivity contribution in [2.75, 3.05) is 20.2 Å². The lowest BCUT2D eigenvalue weighted by molar-refractivity contribution is -0.118. The number of sulfonamides is 1. The van der Waals surface area contributed by atoms with Crippen LogP contribution < -0.4 is 14.8 Å². The van der Waals surface area contributed by atoms with Gasteiger partial charge in [-0.2, -0.15) is 0 Å². The Hall–Kier alpha value is -1.60. The zero-order valence-corrected chi connectivity index (χ0v) is 13.4. The summed E-state index contributed by atoms with van der Waals surface area (Å²) in [4.78, 5) is 10.9. The van der Waals surface area contributed by atoms with E-state index in [-0.39, 0.29) is 10.8 Å². The Bertz CT molecular complexity index is 585. The first-order valence-electron chi connectivity index (χ1n) is 6.75. The van der Waals surface area contributed by atoms with Crippen molar-refractivity contribution in [1.82, 2.24) is 10.0 Å². The van der Waals surface area contributed by atoms with Gasteiger partial charge in [0.15, 0.2) is 0 Å². The Kier molecular flexibility index (Phi) is 6.64. The zero-order valence-electron chi connectivity index (χ0n) is 12.6. The minimum absolute atomic E-state index is 0.0794. The summed E-state index contributed by atoms with van der Waals surface area (Å²) in [6.45, 7) is 4.14. The summed E-state index contributed by atoms with van der Waals surface area (Å²) in [6.07, 6.45) is 1.39. The minimum Gasteiger partial charge on any atom is -0.496 e. The van der Waals surface area contributed by atoms with Crippen LogP contribution in [0.15, 0.2) is 23.1 Å². The summed E-state index contributed by atoms with van der Waals surface area (Å²) in [7, 11) is -1.96. The van der Waals surface area contributed by atoms with E-state index in [0.29, 0.717) is 25.3 Å². The molecule has 0 aliphatic heterocycles. The predicted octanol–water partition coefficient (Wildman–Crippen LogP) is 1.20. The van der Waals surface area contributed by atoms with Crippen molar-refractivity contribution in [2.45, 2.75) is 31.6 Å². The van der Waals surface area contributed by atoms with E-state index < -0.39 is 10.0 Å². The van der Waals surface area contributed by atoms with E-state index in [9.17, 15) is 13.2 Å². The van der Waals surface area contributed by atoms with Crippen LogP contribution in [0.2, 0.25) is 0 Å². The van der Waals surface area contributed by atoms with E-state index in [2.05, 4.69) is 10.0 Å². The molecule has 0 atom stereocenters. The Labute approximate surface area is 125 Å². The average Bonchev–Trinajstić information content (AvgIpc) is 2.42. The third-order valence-corrected chi connectivity index (χ3v) is 4.40. The predicted molar refractivity (Wildman–Crippen MR) is 80.8 cm³/mol. The number of unbranched alkanes of at least 4 members (excludes halogenated alkanes) is 1. The Morgan fingerprint density at radius 1 is 1.24 bits per heavy atom. The summed E-state index contributed by atoms with van der Waals surface area (Å²) < 4.78 is 31.9. The second-order valence-electron chi connectivity index (χ2n) is 4.72. The molecule has 0 aliphatic rings.